The first-order valence-corrected chi connectivity index (χ1v) is 6.02. The number of hydrogen-bond donors (Lipinski definition) is 1. The predicted molar refractivity (Wildman–Crippen MR) is 70.4 cm³/mol. The van der Waals surface area contributed by atoms with Gasteiger partial charge in [-0.2, -0.15) is 0 Å². The van der Waals surface area contributed by atoms with E-state index in [1.165, 1.54) is 5.56 Å². The fourth-order valence-electron chi connectivity index (χ4n) is 1.39. The average Bonchev–Trinajstić information content (AvgIpc) is 2.36. The Balaban J connectivity index is 2.55. The summed E-state index contributed by atoms with van der Waals surface area (Å²) >= 11 is 0. The third-order valence-corrected chi connectivity index (χ3v) is 3.16. The van der Waals surface area contributed by atoms with Gasteiger partial charge in [0, 0.05) is 7.11 Å². The average molecular weight is 237 g/mol. The lowest BCUT2D eigenvalue weighted by Gasteiger charge is -2.29. The molecule has 0 saturated carbocycles. The molecule has 0 heterocycles. The van der Waals surface area contributed by atoms with Crippen LogP contribution in [0, 0.1) is 0 Å². The van der Waals surface area contributed by atoms with E-state index in [-0.39, 0.29) is 11.6 Å². The molecule has 0 amide bonds. The molecule has 0 fully saturated rings. The Morgan fingerprint density at radius 2 is 2.06 bits per heavy atom. The maximum absolute atomic E-state index is 6.03. The molecule has 17 heavy (non-hydrogen) atoms. The monoisotopic (exact) mass is 237 g/mol. The lowest BCUT2D eigenvalue weighted by atomic mass is 10.0. The Hall–Kier alpha value is -1.06. The topological polar surface area (TPSA) is 44.5 Å². The maximum atomic E-state index is 6.03. The standard InChI is InChI=1S/C14H23NO2/c1-5-11-7-6-8-12(9-11)17-10-13(15)14(2,3)16-4/h6-9,13H,5,10,15H2,1-4H3. The quantitative estimate of drug-likeness (QED) is 0.826. The summed E-state index contributed by atoms with van der Waals surface area (Å²) in [5, 5.41) is 0. The predicted octanol–water partition coefficient (Wildman–Crippen LogP) is 2.38. The lowest BCUT2D eigenvalue weighted by molar-refractivity contribution is -0.0109. The molecular weight excluding hydrogens is 214 g/mol. The number of rotatable bonds is 6. The van der Waals surface area contributed by atoms with E-state index in [0.29, 0.717) is 6.61 Å². The number of nitrogens with two attached hydrogens (primary N) is 1. The maximum Gasteiger partial charge on any atom is 0.119 e. The molecule has 0 spiro atoms. The summed E-state index contributed by atoms with van der Waals surface area (Å²) in [7, 11) is 1.66. The summed E-state index contributed by atoms with van der Waals surface area (Å²) in [6, 6.07) is 7.93. The van der Waals surface area contributed by atoms with Crippen LogP contribution in [0.15, 0.2) is 24.3 Å². The van der Waals surface area contributed by atoms with Gasteiger partial charge in [-0.3, -0.25) is 0 Å². The van der Waals surface area contributed by atoms with Gasteiger partial charge in [0.1, 0.15) is 12.4 Å². The van der Waals surface area contributed by atoms with E-state index in [0.717, 1.165) is 12.2 Å². The van der Waals surface area contributed by atoms with Crippen LogP contribution in [-0.4, -0.2) is 25.4 Å². The van der Waals surface area contributed by atoms with E-state index in [4.69, 9.17) is 15.2 Å². The van der Waals surface area contributed by atoms with Crippen molar-refractivity contribution in [3.63, 3.8) is 0 Å². The van der Waals surface area contributed by atoms with Crippen LogP contribution in [0.25, 0.3) is 0 Å². The van der Waals surface area contributed by atoms with Crippen molar-refractivity contribution in [2.24, 2.45) is 5.73 Å². The Morgan fingerprint density at radius 1 is 1.35 bits per heavy atom. The van der Waals surface area contributed by atoms with Crippen LogP contribution in [-0.2, 0) is 11.2 Å². The second-order valence-corrected chi connectivity index (χ2v) is 4.73. The molecule has 0 radical (unpaired) electrons. The van der Waals surface area contributed by atoms with Crippen molar-refractivity contribution in [2.45, 2.75) is 38.8 Å². The molecule has 1 aromatic carbocycles. The first-order chi connectivity index (χ1) is 7.99. The molecule has 0 bridgehead atoms. The molecular formula is C14H23NO2. The molecule has 3 nitrogen and oxygen atoms in total. The summed E-state index contributed by atoms with van der Waals surface area (Å²) in [6.45, 7) is 6.50. The molecule has 0 saturated heterocycles. The molecule has 3 heteroatoms. The van der Waals surface area contributed by atoms with Crippen LogP contribution in [0.5, 0.6) is 5.75 Å². The Bertz CT molecular complexity index is 350. The highest BCUT2D eigenvalue weighted by Gasteiger charge is 2.26. The minimum atomic E-state index is -0.373. The second kappa shape index (κ2) is 6.03. The van der Waals surface area contributed by atoms with Gasteiger partial charge in [0.05, 0.1) is 11.6 Å². The van der Waals surface area contributed by atoms with Crippen LogP contribution >= 0.6 is 0 Å². The van der Waals surface area contributed by atoms with Gasteiger partial charge in [-0.1, -0.05) is 19.1 Å². The van der Waals surface area contributed by atoms with E-state index < -0.39 is 0 Å². The highest BCUT2D eigenvalue weighted by Crippen LogP contribution is 2.16. The number of benzene rings is 1. The molecule has 1 aromatic rings. The third kappa shape index (κ3) is 4.02. The van der Waals surface area contributed by atoms with E-state index in [2.05, 4.69) is 13.0 Å². The van der Waals surface area contributed by atoms with Crippen molar-refractivity contribution in [3.8, 4) is 5.75 Å². The van der Waals surface area contributed by atoms with Gasteiger partial charge in [0.2, 0.25) is 0 Å². The molecule has 96 valence electrons. The van der Waals surface area contributed by atoms with Crippen LogP contribution in [0.1, 0.15) is 26.3 Å². The molecule has 0 aromatic heterocycles. The van der Waals surface area contributed by atoms with Crippen molar-refractivity contribution in [1.82, 2.24) is 0 Å². The van der Waals surface area contributed by atoms with Crippen molar-refractivity contribution < 1.29 is 9.47 Å². The smallest absolute Gasteiger partial charge is 0.119 e. The molecule has 2 N–H and O–H groups in total. The Kier molecular flexibility index (Phi) is 4.97. The van der Waals surface area contributed by atoms with Crippen molar-refractivity contribution in [3.05, 3.63) is 29.8 Å². The van der Waals surface area contributed by atoms with Crippen LogP contribution in [0.3, 0.4) is 0 Å². The molecule has 1 unspecified atom stereocenters. The summed E-state index contributed by atoms with van der Waals surface area (Å²) in [4.78, 5) is 0. The van der Waals surface area contributed by atoms with Crippen molar-refractivity contribution >= 4 is 0 Å². The van der Waals surface area contributed by atoms with Crippen molar-refractivity contribution in [2.75, 3.05) is 13.7 Å². The van der Waals surface area contributed by atoms with Crippen LogP contribution < -0.4 is 10.5 Å². The number of ether oxygens (including phenoxy) is 2. The van der Waals surface area contributed by atoms with E-state index in [9.17, 15) is 0 Å². The van der Waals surface area contributed by atoms with Gasteiger partial charge >= 0.3 is 0 Å². The van der Waals surface area contributed by atoms with Gasteiger partial charge in [-0.25, -0.2) is 0 Å². The van der Waals surface area contributed by atoms with Crippen molar-refractivity contribution in [1.29, 1.82) is 0 Å². The van der Waals surface area contributed by atoms with Gasteiger partial charge in [0.15, 0.2) is 0 Å². The molecule has 1 atom stereocenters. The van der Waals surface area contributed by atoms with E-state index in [1.807, 2.05) is 32.0 Å². The van der Waals surface area contributed by atoms with Gasteiger partial charge in [-0.15, -0.1) is 0 Å². The lowest BCUT2D eigenvalue weighted by Crippen LogP contribution is -2.48. The third-order valence-electron chi connectivity index (χ3n) is 3.16. The minimum absolute atomic E-state index is 0.155. The summed E-state index contributed by atoms with van der Waals surface area (Å²) in [5.74, 6) is 0.867. The van der Waals surface area contributed by atoms with Crippen LogP contribution in [0.4, 0.5) is 0 Å². The van der Waals surface area contributed by atoms with E-state index >= 15 is 0 Å². The largest absolute Gasteiger partial charge is 0.492 e. The molecule has 1 rings (SSSR count). The Labute approximate surface area is 104 Å². The summed E-state index contributed by atoms with van der Waals surface area (Å²) < 4.78 is 11.0. The first-order valence-electron chi connectivity index (χ1n) is 6.02. The normalized spacial score (nSPS) is 13.5. The zero-order valence-corrected chi connectivity index (χ0v) is 11.2. The first kappa shape index (κ1) is 14.0. The number of methoxy groups -OCH3 is 1. The molecule has 0 aliphatic carbocycles. The second-order valence-electron chi connectivity index (χ2n) is 4.73. The van der Waals surface area contributed by atoms with E-state index in [1.54, 1.807) is 7.11 Å². The van der Waals surface area contributed by atoms with Crippen LogP contribution in [0.2, 0.25) is 0 Å². The summed E-state index contributed by atoms with van der Waals surface area (Å²) in [5.41, 5.74) is 6.92. The SMILES string of the molecule is CCc1cccc(OCC(N)C(C)(C)OC)c1. The fraction of sp³-hybridized carbons (Fsp3) is 0.571. The number of hydrogen-bond acceptors (Lipinski definition) is 3. The molecule has 0 aliphatic rings. The minimum Gasteiger partial charge on any atom is -0.492 e. The fourth-order valence-corrected chi connectivity index (χ4v) is 1.39. The number of aryl methyl sites for hydroxylation is 1. The van der Waals surface area contributed by atoms with Gasteiger partial charge in [0.25, 0.3) is 0 Å². The zero-order chi connectivity index (χ0) is 12.9. The highest BCUT2D eigenvalue weighted by atomic mass is 16.5. The highest BCUT2D eigenvalue weighted by molar-refractivity contribution is 5.28. The summed E-state index contributed by atoms with van der Waals surface area (Å²) in [6.07, 6.45) is 1.01. The van der Waals surface area contributed by atoms with Gasteiger partial charge < -0.3 is 15.2 Å². The molecule has 0 aliphatic heterocycles. The van der Waals surface area contributed by atoms with Gasteiger partial charge in [-0.05, 0) is 38.0 Å². The Morgan fingerprint density at radius 3 is 2.65 bits per heavy atom. The zero-order valence-electron chi connectivity index (χ0n) is 11.2.